The molecule has 0 fully saturated rings. The molecule has 0 atom stereocenters. The highest BCUT2D eigenvalue weighted by Gasteiger charge is 2.18. The summed E-state index contributed by atoms with van der Waals surface area (Å²) in [6.45, 7) is 0. The van der Waals surface area contributed by atoms with Gasteiger partial charge in [-0.2, -0.15) is 5.26 Å². The molecule has 0 unspecified atom stereocenters. The van der Waals surface area contributed by atoms with Crippen LogP contribution in [0.3, 0.4) is 0 Å². The monoisotopic (exact) mass is 461 g/mol. The van der Waals surface area contributed by atoms with Gasteiger partial charge in [0.1, 0.15) is 5.69 Å². The number of nitrogens with zero attached hydrogens (tertiary/aromatic N) is 5. The first-order chi connectivity index (χ1) is 17.8. The van der Waals surface area contributed by atoms with Crippen LogP contribution in [0, 0.1) is 11.3 Å². The van der Waals surface area contributed by atoms with Crippen molar-refractivity contribution in [1.29, 1.82) is 5.26 Å². The minimum absolute atomic E-state index is 0.591. The Morgan fingerprint density at radius 1 is 0.472 bits per heavy atom. The van der Waals surface area contributed by atoms with Crippen molar-refractivity contribution in [3.05, 3.63) is 121 Å². The standard InChI is InChI=1S/C31H19N5/c32-20-21-15-17-23(18-16-21)29-30(34-26-14-8-7-13-25(26)33-29)28-19-27(22-9-3-1-4-10-22)35-31(36-28)24-11-5-2-6-12-24/h1-19H. The molecule has 0 amide bonds. The normalized spacial score (nSPS) is 10.8. The zero-order chi connectivity index (χ0) is 24.3. The fraction of sp³-hybridized carbons (Fsp3) is 0. The predicted molar refractivity (Wildman–Crippen MR) is 142 cm³/mol. The molecule has 0 aliphatic heterocycles. The Labute approximate surface area is 208 Å². The van der Waals surface area contributed by atoms with E-state index in [1.54, 1.807) is 12.1 Å². The van der Waals surface area contributed by atoms with Crippen molar-refractivity contribution in [2.75, 3.05) is 0 Å². The van der Waals surface area contributed by atoms with Gasteiger partial charge in [-0.25, -0.2) is 19.9 Å². The average Bonchev–Trinajstić information content (AvgIpc) is 2.97. The van der Waals surface area contributed by atoms with Crippen LogP contribution in [0.5, 0.6) is 0 Å². The molecule has 2 heterocycles. The van der Waals surface area contributed by atoms with E-state index in [9.17, 15) is 5.26 Å². The van der Waals surface area contributed by atoms with Crippen molar-refractivity contribution in [2.24, 2.45) is 0 Å². The largest absolute Gasteiger partial charge is 0.244 e. The minimum atomic E-state index is 0.591. The molecule has 5 heteroatoms. The van der Waals surface area contributed by atoms with Crippen LogP contribution in [-0.2, 0) is 0 Å². The van der Waals surface area contributed by atoms with Crippen molar-refractivity contribution < 1.29 is 0 Å². The second-order valence-corrected chi connectivity index (χ2v) is 8.29. The lowest BCUT2D eigenvalue weighted by atomic mass is 10.0. The summed E-state index contributed by atoms with van der Waals surface area (Å²) in [6.07, 6.45) is 0. The SMILES string of the molecule is N#Cc1ccc(-c2nc3ccccc3nc2-c2cc(-c3ccccc3)nc(-c3ccccc3)n2)cc1. The Morgan fingerprint density at radius 2 is 1.03 bits per heavy atom. The molecular formula is C31H19N5. The average molecular weight is 462 g/mol. The van der Waals surface area contributed by atoms with E-state index in [2.05, 4.69) is 6.07 Å². The van der Waals surface area contributed by atoms with E-state index in [0.29, 0.717) is 28.5 Å². The van der Waals surface area contributed by atoms with Gasteiger partial charge in [0.2, 0.25) is 0 Å². The molecule has 5 nitrogen and oxygen atoms in total. The van der Waals surface area contributed by atoms with E-state index in [1.807, 2.05) is 103 Å². The third kappa shape index (κ3) is 4.08. The molecule has 0 aliphatic carbocycles. The fourth-order valence-corrected chi connectivity index (χ4v) is 4.12. The number of hydrogen-bond donors (Lipinski definition) is 0. The third-order valence-electron chi connectivity index (χ3n) is 5.93. The Balaban J connectivity index is 1.63. The summed E-state index contributed by atoms with van der Waals surface area (Å²) in [5.41, 5.74) is 7.80. The molecule has 168 valence electrons. The van der Waals surface area contributed by atoms with Gasteiger partial charge >= 0.3 is 0 Å². The van der Waals surface area contributed by atoms with Gasteiger partial charge in [0, 0.05) is 16.7 Å². The maximum absolute atomic E-state index is 9.26. The van der Waals surface area contributed by atoms with Gasteiger partial charge in [0.25, 0.3) is 0 Å². The van der Waals surface area contributed by atoms with Gasteiger partial charge in [0.05, 0.1) is 39.7 Å². The molecule has 0 saturated carbocycles. The Hall–Kier alpha value is -5.21. The molecule has 0 bridgehead atoms. The summed E-state index contributed by atoms with van der Waals surface area (Å²) < 4.78 is 0. The number of benzene rings is 4. The first kappa shape index (κ1) is 21.3. The van der Waals surface area contributed by atoms with Crippen LogP contribution in [0.4, 0.5) is 0 Å². The van der Waals surface area contributed by atoms with Gasteiger partial charge in [0.15, 0.2) is 5.82 Å². The van der Waals surface area contributed by atoms with Gasteiger partial charge in [-0.15, -0.1) is 0 Å². The maximum Gasteiger partial charge on any atom is 0.160 e. The lowest BCUT2D eigenvalue weighted by molar-refractivity contribution is 1.16. The van der Waals surface area contributed by atoms with E-state index in [-0.39, 0.29) is 0 Å². The highest BCUT2D eigenvalue weighted by atomic mass is 14.9. The highest BCUT2D eigenvalue weighted by molar-refractivity contribution is 5.86. The Kier molecular flexibility index (Phi) is 5.45. The van der Waals surface area contributed by atoms with E-state index in [4.69, 9.17) is 19.9 Å². The number of fused-ring (bicyclic) bond motifs is 1. The lowest BCUT2D eigenvalue weighted by Crippen LogP contribution is -2.00. The second kappa shape index (κ2) is 9.21. The number of rotatable bonds is 4. The van der Waals surface area contributed by atoms with Crippen LogP contribution < -0.4 is 0 Å². The summed E-state index contributed by atoms with van der Waals surface area (Å²) >= 11 is 0. The van der Waals surface area contributed by atoms with Crippen LogP contribution in [-0.4, -0.2) is 19.9 Å². The van der Waals surface area contributed by atoms with Crippen molar-refractivity contribution in [3.8, 4) is 51.4 Å². The van der Waals surface area contributed by atoms with Crippen LogP contribution in [0.15, 0.2) is 115 Å². The minimum Gasteiger partial charge on any atom is -0.244 e. The molecule has 0 spiro atoms. The highest BCUT2D eigenvalue weighted by Crippen LogP contribution is 2.33. The smallest absolute Gasteiger partial charge is 0.160 e. The summed E-state index contributed by atoms with van der Waals surface area (Å²) in [4.78, 5) is 19.8. The van der Waals surface area contributed by atoms with Gasteiger partial charge in [-0.05, 0) is 30.3 Å². The van der Waals surface area contributed by atoms with E-state index in [1.165, 1.54) is 0 Å². The van der Waals surface area contributed by atoms with E-state index in [0.717, 1.165) is 33.4 Å². The quantitative estimate of drug-likeness (QED) is 0.284. The van der Waals surface area contributed by atoms with Crippen LogP contribution >= 0.6 is 0 Å². The molecule has 6 rings (SSSR count). The predicted octanol–water partition coefficient (Wildman–Crippen LogP) is 6.96. The molecule has 0 saturated heterocycles. The zero-order valence-electron chi connectivity index (χ0n) is 19.2. The van der Waals surface area contributed by atoms with E-state index < -0.39 is 0 Å². The van der Waals surface area contributed by atoms with Gasteiger partial charge in [-0.3, -0.25) is 0 Å². The van der Waals surface area contributed by atoms with E-state index >= 15 is 0 Å². The molecule has 4 aromatic carbocycles. The third-order valence-corrected chi connectivity index (χ3v) is 5.93. The number of nitriles is 1. The molecule has 6 aromatic rings. The Morgan fingerprint density at radius 3 is 1.67 bits per heavy atom. The maximum atomic E-state index is 9.26. The molecule has 0 aliphatic rings. The van der Waals surface area contributed by atoms with Crippen LogP contribution in [0.25, 0.3) is 56.3 Å². The number of hydrogen-bond acceptors (Lipinski definition) is 5. The topological polar surface area (TPSA) is 75.3 Å². The van der Waals surface area contributed by atoms with Crippen molar-refractivity contribution in [3.63, 3.8) is 0 Å². The molecule has 0 N–H and O–H groups in total. The van der Waals surface area contributed by atoms with Crippen molar-refractivity contribution in [2.45, 2.75) is 0 Å². The second-order valence-electron chi connectivity index (χ2n) is 8.29. The molecule has 2 aromatic heterocycles. The first-order valence-corrected chi connectivity index (χ1v) is 11.6. The summed E-state index contributed by atoms with van der Waals surface area (Å²) in [6, 6.07) is 39.3. The molecular weight excluding hydrogens is 442 g/mol. The zero-order valence-corrected chi connectivity index (χ0v) is 19.2. The van der Waals surface area contributed by atoms with Crippen molar-refractivity contribution in [1.82, 2.24) is 19.9 Å². The number of aromatic nitrogens is 4. The van der Waals surface area contributed by atoms with Gasteiger partial charge in [-0.1, -0.05) is 84.9 Å². The van der Waals surface area contributed by atoms with Crippen LogP contribution in [0.1, 0.15) is 5.56 Å². The first-order valence-electron chi connectivity index (χ1n) is 11.6. The number of para-hydroxylation sites is 2. The van der Waals surface area contributed by atoms with Crippen molar-refractivity contribution >= 4 is 11.0 Å². The van der Waals surface area contributed by atoms with Gasteiger partial charge < -0.3 is 0 Å². The summed E-state index contributed by atoms with van der Waals surface area (Å²) in [5.74, 6) is 0.618. The Bertz CT molecular complexity index is 1660. The molecule has 36 heavy (non-hydrogen) atoms. The summed E-state index contributed by atoms with van der Waals surface area (Å²) in [5, 5.41) is 9.26. The van der Waals surface area contributed by atoms with Crippen LogP contribution in [0.2, 0.25) is 0 Å². The lowest BCUT2D eigenvalue weighted by Gasteiger charge is -2.13. The molecule has 0 radical (unpaired) electrons. The summed E-state index contributed by atoms with van der Waals surface area (Å²) in [7, 11) is 0. The fourth-order valence-electron chi connectivity index (χ4n) is 4.12.